The van der Waals surface area contributed by atoms with E-state index in [1.165, 1.54) is 9.78 Å². The van der Waals surface area contributed by atoms with E-state index in [-0.39, 0.29) is 12.5 Å². The van der Waals surface area contributed by atoms with Crippen LogP contribution in [0.25, 0.3) is 0 Å². The molecule has 0 bridgehead atoms. The molecule has 2 N–H and O–H groups in total. The zero-order valence-electron chi connectivity index (χ0n) is 14.4. The Morgan fingerprint density at radius 3 is 2.67 bits per heavy atom. The molecular weight excluding hydrogens is 326 g/mol. The average molecular weight is 349 g/mol. The number of aromatic nitrogens is 1. The van der Waals surface area contributed by atoms with Crippen molar-refractivity contribution in [2.45, 2.75) is 26.9 Å². The fraction of sp³-hybridized carbons (Fsp3) is 0.438. The van der Waals surface area contributed by atoms with Gasteiger partial charge < -0.3 is 20.0 Å². The Bertz CT molecular complexity index is 672. The smallest absolute Gasteiger partial charge is 0.243 e. The SMILES string of the molecule is Cc1nc(CNC(=NCC(=O)N(C)C)NCc2cccs2)oc1C. The van der Waals surface area contributed by atoms with Crippen LogP contribution in [0.3, 0.4) is 0 Å². The number of likely N-dealkylation sites (N-methyl/N-ethyl adjacent to an activating group) is 1. The van der Waals surface area contributed by atoms with E-state index in [4.69, 9.17) is 4.42 Å². The van der Waals surface area contributed by atoms with Crippen LogP contribution in [0.15, 0.2) is 26.9 Å². The number of nitrogens with one attached hydrogen (secondary N) is 2. The van der Waals surface area contributed by atoms with Crippen molar-refractivity contribution >= 4 is 23.2 Å². The first-order valence-corrected chi connectivity index (χ1v) is 8.51. The minimum absolute atomic E-state index is 0.0602. The molecule has 130 valence electrons. The first-order valence-electron chi connectivity index (χ1n) is 7.63. The molecule has 2 heterocycles. The number of amides is 1. The molecule has 0 radical (unpaired) electrons. The second kappa shape index (κ2) is 8.49. The molecule has 0 unspecified atom stereocenters. The van der Waals surface area contributed by atoms with Crippen molar-refractivity contribution in [2.75, 3.05) is 20.6 Å². The maximum Gasteiger partial charge on any atom is 0.243 e. The summed E-state index contributed by atoms with van der Waals surface area (Å²) < 4.78 is 5.55. The van der Waals surface area contributed by atoms with Crippen LogP contribution in [0.5, 0.6) is 0 Å². The summed E-state index contributed by atoms with van der Waals surface area (Å²) in [6.07, 6.45) is 0. The zero-order valence-corrected chi connectivity index (χ0v) is 15.2. The Morgan fingerprint density at radius 2 is 2.08 bits per heavy atom. The van der Waals surface area contributed by atoms with E-state index < -0.39 is 0 Å². The summed E-state index contributed by atoms with van der Waals surface area (Å²) in [6.45, 7) is 4.91. The number of guanidine groups is 1. The van der Waals surface area contributed by atoms with E-state index in [1.807, 2.05) is 31.4 Å². The minimum atomic E-state index is -0.0602. The second-order valence-electron chi connectivity index (χ2n) is 5.49. The highest BCUT2D eigenvalue weighted by molar-refractivity contribution is 7.09. The number of carbonyl (C=O) groups excluding carboxylic acids is 1. The Kier molecular flexibility index (Phi) is 6.36. The molecule has 8 heteroatoms. The van der Waals surface area contributed by atoms with Crippen LogP contribution in [0.1, 0.15) is 22.2 Å². The molecule has 0 fully saturated rings. The predicted octanol–water partition coefficient (Wildman–Crippen LogP) is 1.68. The Morgan fingerprint density at radius 1 is 1.33 bits per heavy atom. The van der Waals surface area contributed by atoms with Crippen LogP contribution in [-0.4, -0.2) is 42.4 Å². The monoisotopic (exact) mass is 349 g/mol. The van der Waals surface area contributed by atoms with Gasteiger partial charge in [-0.05, 0) is 25.3 Å². The van der Waals surface area contributed by atoms with E-state index in [0.717, 1.165) is 11.5 Å². The van der Waals surface area contributed by atoms with Gasteiger partial charge in [0.1, 0.15) is 12.3 Å². The fourth-order valence-corrected chi connectivity index (χ4v) is 2.47. The van der Waals surface area contributed by atoms with E-state index in [1.54, 1.807) is 25.4 Å². The van der Waals surface area contributed by atoms with Gasteiger partial charge in [-0.1, -0.05) is 6.07 Å². The number of aryl methyl sites for hydroxylation is 2. The van der Waals surface area contributed by atoms with Crippen molar-refractivity contribution in [2.24, 2.45) is 4.99 Å². The molecular formula is C16H23N5O2S. The highest BCUT2D eigenvalue weighted by atomic mass is 32.1. The lowest BCUT2D eigenvalue weighted by Gasteiger charge is -2.12. The molecule has 7 nitrogen and oxygen atoms in total. The predicted molar refractivity (Wildman–Crippen MR) is 95.0 cm³/mol. The summed E-state index contributed by atoms with van der Waals surface area (Å²) >= 11 is 1.66. The van der Waals surface area contributed by atoms with Crippen molar-refractivity contribution in [3.63, 3.8) is 0 Å². The Labute approximate surface area is 145 Å². The van der Waals surface area contributed by atoms with E-state index in [9.17, 15) is 4.79 Å². The number of hydrogen-bond donors (Lipinski definition) is 2. The number of oxazole rings is 1. The largest absolute Gasteiger partial charge is 0.444 e. The maximum absolute atomic E-state index is 11.7. The topological polar surface area (TPSA) is 82.8 Å². The van der Waals surface area contributed by atoms with E-state index in [0.29, 0.717) is 24.9 Å². The third-order valence-corrected chi connectivity index (χ3v) is 4.24. The molecule has 0 atom stereocenters. The van der Waals surface area contributed by atoms with Gasteiger partial charge >= 0.3 is 0 Å². The number of nitrogens with zero attached hydrogens (tertiary/aromatic N) is 3. The zero-order chi connectivity index (χ0) is 17.5. The molecule has 2 aromatic rings. The van der Waals surface area contributed by atoms with Gasteiger partial charge in [-0.3, -0.25) is 4.79 Å². The van der Waals surface area contributed by atoms with Gasteiger partial charge in [-0.25, -0.2) is 9.98 Å². The van der Waals surface area contributed by atoms with Crippen LogP contribution < -0.4 is 10.6 Å². The molecule has 0 spiro atoms. The highest BCUT2D eigenvalue weighted by Crippen LogP contribution is 2.08. The number of rotatable bonds is 6. The summed E-state index contributed by atoms with van der Waals surface area (Å²) in [4.78, 5) is 23.1. The lowest BCUT2D eigenvalue weighted by molar-refractivity contribution is -0.127. The third kappa shape index (κ3) is 5.38. The second-order valence-corrected chi connectivity index (χ2v) is 6.52. The lowest BCUT2D eigenvalue weighted by Crippen LogP contribution is -2.37. The van der Waals surface area contributed by atoms with Crippen LogP contribution in [0, 0.1) is 13.8 Å². The quantitative estimate of drug-likeness (QED) is 0.612. The summed E-state index contributed by atoms with van der Waals surface area (Å²) in [5, 5.41) is 8.39. The molecule has 24 heavy (non-hydrogen) atoms. The summed E-state index contributed by atoms with van der Waals surface area (Å²) in [6, 6.07) is 4.04. The fourth-order valence-electron chi connectivity index (χ4n) is 1.82. The van der Waals surface area contributed by atoms with Crippen molar-refractivity contribution in [1.82, 2.24) is 20.5 Å². The third-order valence-electron chi connectivity index (χ3n) is 3.36. The molecule has 0 saturated carbocycles. The number of hydrogen-bond acceptors (Lipinski definition) is 5. The summed E-state index contributed by atoms with van der Waals surface area (Å²) in [5.74, 6) is 1.89. The van der Waals surface area contributed by atoms with Crippen LogP contribution in [0.4, 0.5) is 0 Å². The molecule has 0 aliphatic rings. The maximum atomic E-state index is 11.7. The number of aliphatic imine (C=N–C) groups is 1. The van der Waals surface area contributed by atoms with Gasteiger partial charge in [0, 0.05) is 19.0 Å². The van der Waals surface area contributed by atoms with Crippen LogP contribution >= 0.6 is 11.3 Å². The normalized spacial score (nSPS) is 11.4. The van der Waals surface area contributed by atoms with Gasteiger partial charge in [-0.2, -0.15) is 0 Å². The van der Waals surface area contributed by atoms with Crippen molar-refractivity contribution in [1.29, 1.82) is 0 Å². The van der Waals surface area contributed by atoms with Crippen LogP contribution in [-0.2, 0) is 17.9 Å². The standard InChI is InChI=1S/C16H23N5O2S/c1-11-12(2)23-14(20-11)9-18-16(19-10-15(22)21(3)4)17-8-13-6-5-7-24-13/h5-7H,8-10H2,1-4H3,(H2,17,18,19). The van der Waals surface area contributed by atoms with Gasteiger partial charge in [0.25, 0.3) is 0 Å². The van der Waals surface area contributed by atoms with Crippen molar-refractivity contribution in [3.05, 3.63) is 39.7 Å². The molecule has 2 aromatic heterocycles. The van der Waals surface area contributed by atoms with E-state index >= 15 is 0 Å². The highest BCUT2D eigenvalue weighted by Gasteiger charge is 2.08. The molecule has 0 saturated heterocycles. The van der Waals surface area contributed by atoms with Crippen molar-refractivity contribution in [3.8, 4) is 0 Å². The van der Waals surface area contributed by atoms with Crippen LogP contribution in [0.2, 0.25) is 0 Å². The van der Waals surface area contributed by atoms with Gasteiger partial charge in [0.05, 0.1) is 18.8 Å². The Balaban J connectivity index is 1.97. The first kappa shape index (κ1) is 18.0. The number of thiophene rings is 1. The molecule has 0 aromatic carbocycles. The van der Waals surface area contributed by atoms with Gasteiger partial charge in [0.15, 0.2) is 5.96 Å². The number of carbonyl (C=O) groups is 1. The van der Waals surface area contributed by atoms with Gasteiger partial charge in [0.2, 0.25) is 11.8 Å². The molecule has 0 aliphatic carbocycles. The molecule has 1 amide bonds. The Hall–Kier alpha value is -2.35. The molecule has 2 rings (SSSR count). The van der Waals surface area contributed by atoms with Gasteiger partial charge in [-0.15, -0.1) is 11.3 Å². The average Bonchev–Trinajstić information content (AvgIpc) is 3.16. The lowest BCUT2D eigenvalue weighted by atomic mass is 10.4. The summed E-state index contributed by atoms with van der Waals surface area (Å²) in [5.41, 5.74) is 0.875. The summed E-state index contributed by atoms with van der Waals surface area (Å²) in [7, 11) is 3.42. The van der Waals surface area contributed by atoms with Crippen molar-refractivity contribution < 1.29 is 9.21 Å². The first-order chi connectivity index (χ1) is 11.5. The molecule has 0 aliphatic heterocycles. The van der Waals surface area contributed by atoms with E-state index in [2.05, 4.69) is 20.6 Å². The minimum Gasteiger partial charge on any atom is -0.444 e.